The molecular formula is C10H7F3N4. The summed E-state index contributed by atoms with van der Waals surface area (Å²) in [6, 6.07) is 3.43. The van der Waals surface area contributed by atoms with Crippen LogP contribution < -0.4 is 5.73 Å². The van der Waals surface area contributed by atoms with Gasteiger partial charge in [0.25, 0.3) is 0 Å². The van der Waals surface area contributed by atoms with Crippen molar-refractivity contribution in [2.75, 3.05) is 12.3 Å². The lowest BCUT2D eigenvalue weighted by Crippen LogP contribution is -2.09. The minimum Gasteiger partial charge on any atom is -0.398 e. The molecule has 2 N–H and O–H groups in total. The van der Waals surface area contributed by atoms with Gasteiger partial charge in [-0.1, -0.05) is 23.0 Å². The Morgan fingerprint density at radius 2 is 2.12 bits per heavy atom. The van der Waals surface area contributed by atoms with E-state index in [-0.39, 0.29) is 17.8 Å². The molecule has 88 valence electrons. The van der Waals surface area contributed by atoms with Crippen molar-refractivity contribution < 1.29 is 13.2 Å². The van der Waals surface area contributed by atoms with E-state index in [1.807, 2.05) is 0 Å². The van der Waals surface area contributed by atoms with Crippen LogP contribution in [0.2, 0.25) is 0 Å². The zero-order chi connectivity index (χ0) is 12.9. The van der Waals surface area contributed by atoms with Crippen LogP contribution in [0.3, 0.4) is 0 Å². The van der Waals surface area contributed by atoms with Crippen LogP contribution in [0, 0.1) is 11.8 Å². The van der Waals surface area contributed by atoms with Crippen molar-refractivity contribution in [3.63, 3.8) is 0 Å². The molecule has 4 nitrogen and oxygen atoms in total. The van der Waals surface area contributed by atoms with Gasteiger partial charge in [0, 0.05) is 10.6 Å². The Morgan fingerprint density at radius 1 is 1.41 bits per heavy atom. The lowest BCUT2D eigenvalue weighted by atomic mass is 10.1. The Hall–Kier alpha value is -2.32. The van der Waals surface area contributed by atoms with Crippen molar-refractivity contribution >= 4 is 5.69 Å². The molecule has 1 rings (SSSR count). The summed E-state index contributed by atoms with van der Waals surface area (Å²) in [5.74, 6) is 4.57. The number of anilines is 1. The summed E-state index contributed by atoms with van der Waals surface area (Å²) in [7, 11) is 0. The van der Waals surface area contributed by atoms with Crippen LogP contribution in [0.1, 0.15) is 11.1 Å². The minimum atomic E-state index is -4.52. The van der Waals surface area contributed by atoms with Crippen molar-refractivity contribution in [3.05, 3.63) is 39.8 Å². The molecule has 0 aromatic heterocycles. The minimum absolute atomic E-state index is 0.0618. The number of halogens is 3. The third kappa shape index (κ3) is 3.33. The fourth-order valence-electron chi connectivity index (χ4n) is 1.14. The van der Waals surface area contributed by atoms with Crippen LogP contribution in [0.4, 0.5) is 18.9 Å². The molecule has 0 saturated heterocycles. The van der Waals surface area contributed by atoms with Crippen LogP contribution in [0.5, 0.6) is 0 Å². The summed E-state index contributed by atoms with van der Waals surface area (Å²) in [5, 5.41) is 3.09. The normalized spacial score (nSPS) is 10.1. The maximum Gasteiger partial charge on any atom is 0.417 e. The highest BCUT2D eigenvalue weighted by molar-refractivity contribution is 5.60. The maximum absolute atomic E-state index is 12.6. The molecule has 0 amide bonds. The van der Waals surface area contributed by atoms with E-state index in [1.54, 1.807) is 0 Å². The van der Waals surface area contributed by atoms with Gasteiger partial charge in [-0.3, -0.25) is 0 Å². The van der Waals surface area contributed by atoms with Gasteiger partial charge in [0.1, 0.15) is 0 Å². The van der Waals surface area contributed by atoms with Gasteiger partial charge in [-0.05, 0) is 17.7 Å². The lowest BCUT2D eigenvalue weighted by Gasteiger charge is -2.10. The zero-order valence-corrected chi connectivity index (χ0v) is 8.49. The van der Waals surface area contributed by atoms with Gasteiger partial charge in [-0.15, -0.1) is 0 Å². The topological polar surface area (TPSA) is 74.8 Å². The standard InChI is InChI=1S/C10H7F3N4/c11-10(12,13)8-4-1-5-9(14)7(8)3-2-6-16-17-15/h1,4-5H,6,14H2. The Kier molecular flexibility index (Phi) is 3.86. The molecule has 0 radical (unpaired) electrons. The van der Waals surface area contributed by atoms with Crippen molar-refractivity contribution in [3.8, 4) is 11.8 Å². The predicted molar refractivity (Wildman–Crippen MR) is 56.7 cm³/mol. The van der Waals surface area contributed by atoms with Crippen LogP contribution in [0.25, 0.3) is 10.4 Å². The Morgan fingerprint density at radius 3 is 2.71 bits per heavy atom. The van der Waals surface area contributed by atoms with E-state index in [0.717, 1.165) is 6.07 Å². The Bertz CT molecular complexity index is 519. The molecule has 0 aliphatic rings. The molecule has 0 aliphatic heterocycles. The summed E-state index contributed by atoms with van der Waals surface area (Å²) < 4.78 is 37.8. The van der Waals surface area contributed by atoms with Gasteiger partial charge in [0.2, 0.25) is 0 Å². The maximum atomic E-state index is 12.6. The monoisotopic (exact) mass is 240 g/mol. The van der Waals surface area contributed by atoms with Crippen LogP contribution >= 0.6 is 0 Å². The summed E-state index contributed by atoms with van der Waals surface area (Å²) in [4.78, 5) is 2.43. The highest BCUT2D eigenvalue weighted by Gasteiger charge is 2.33. The first-order valence-electron chi connectivity index (χ1n) is 4.42. The van der Waals surface area contributed by atoms with Crippen LogP contribution in [-0.4, -0.2) is 6.54 Å². The molecule has 0 spiro atoms. The number of nitrogen functional groups attached to an aromatic ring is 1. The van der Waals surface area contributed by atoms with Gasteiger partial charge >= 0.3 is 6.18 Å². The van der Waals surface area contributed by atoms with Crippen molar-refractivity contribution in [1.82, 2.24) is 0 Å². The molecule has 0 atom stereocenters. The molecule has 0 unspecified atom stereocenters. The highest BCUT2D eigenvalue weighted by Crippen LogP contribution is 2.33. The molecule has 0 heterocycles. The third-order valence-corrected chi connectivity index (χ3v) is 1.83. The van der Waals surface area contributed by atoms with Gasteiger partial charge in [0.05, 0.1) is 17.7 Å². The average molecular weight is 240 g/mol. The fraction of sp³-hybridized carbons (Fsp3) is 0.200. The number of nitrogens with zero attached hydrogens (tertiary/aromatic N) is 3. The quantitative estimate of drug-likeness (QED) is 0.264. The van der Waals surface area contributed by atoms with Crippen molar-refractivity contribution in [2.24, 2.45) is 5.11 Å². The number of rotatable bonds is 1. The number of benzene rings is 1. The van der Waals surface area contributed by atoms with E-state index < -0.39 is 11.7 Å². The molecule has 17 heavy (non-hydrogen) atoms. The van der Waals surface area contributed by atoms with Gasteiger partial charge in [0.15, 0.2) is 0 Å². The number of azide groups is 1. The second kappa shape index (κ2) is 5.14. The Balaban J connectivity index is 3.20. The van der Waals surface area contributed by atoms with E-state index in [2.05, 4.69) is 21.9 Å². The van der Waals surface area contributed by atoms with Crippen molar-refractivity contribution in [2.45, 2.75) is 6.18 Å². The Labute approximate surface area is 94.9 Å². The largest absolute Gasteiger partial charge is 0.417 e. The first-order valence-corrected chi connectivity index (χ1v) is 4.42. The number of nitrogens with two attached hydrogens (primary N) is 1. The van der Waals surface area contributed by atoms with E-state index in [9.17, 15) is 13.2 Å². The predicted octanol–water partition coefficient (Wildman–Crippen LogP) is 2.95. The highest BCUT2D eigenvalue weighted by atomic mass is 19.4. The lowest BCUT2D eigenvalue weighted by molar-refractivity contribution is -0.137. The zero-order valence-electron chi connectivity index (χ0n) is 8.49. The fourth-order valence-corrected chi connectivity index (χ4v) is 1.14. The second-order valence-corrected chi connectivity index (χ2v) is 2.96. The SMILES string of the molecule is [N-]=[N+]=NCC#Cc1c(N)cccc1C(F)(F)F. The summed E-state index contributed by atoms with van der Waals surface area (Å²) in [5.41, 5.74) is 12.2. The number of hydrogen-bond donors (Lipinski definition) is 1. The van der Waals surface area contributed by atoms with Crippen molar-refractivity contribution in [1.29, 1.82) is 0 Å². The van der Waals surface area contributed by atoms with Gasteiger partial charge in [-0.2, -0.15) is 13.2 Å². The summed E-state index contributed by atoms with van der Waals surface area (Å²) in [6.07, 6.45) is -4.52. The first kappa shape index (κ1) is 12.7. The molecule has 7 heteroatoms. The third-order valence-electron chi connectivity index (χ3n) is 1.83. The van der Waals surface area contributed by atoms with Gasteiger partial charge < -0.3 is 5.73 Å². The van der Waals surface area contributed by atoms with E-state index >= 15 is 0 Å². The molecule has 1 aromatic carbocycles. The van der Waals surface area contributed by atoms with E-state index in [1.165, 1.54) is 12.1 Å². The van der Waals surface area contributed by atoms with Gasteiger partial charge in [-0.25, -0.2) is 0 Å². The number of hydrogen-bond acceptors (Lipinski definition) is 2. The average Bonchev–Trinajstić information content (AvgIpc) is 2.24. The molecule has 0 fully saturated rings. The van der Waals surface area contributed by atoms with E-state index in [0.29, 0.717) is 0 Å². The molecule has 1 aromatic rings. The summed E-state index contributed by atoms with van der Waals surface area (Å²) >= 11 is 0. The summed E-state index contributed by atoms with van der Waals surface area (Å²) in [6.45, 7) is -0.206. The van der Waals surface area contributed by atoms with Crippen LogP contribution in [-0.2, 0) is 6.18 Å². The van der Waals surface area contributed by atoms with Crippen LogP contribution in [0.15, 0.2) is 23.3 Å². The molecule has 0 saturated carbocycles. The second-order valence-electron chi connectivity index (χ2n) is 2.96. The molecule has 0 aliphatic carbocycles. The van der Waals surface area contributed by atoms with E-state index in [4.69, 9.17) is 11.3 Å². The first-order chi connectivity index (χ1) is 7.96. The molecular weight excluding hydrogens is 233 g/mol. The molecule has 0 bridgehead atoms. The smallest absolute Gasteiger partial charge is 0.398 e. The number of alkyl halides is 3.